The van der Waals surface area contributed by atoms with Crippen molar-refractivity contribution in [3.05, 3.63) is 65.8 Å². The number of alkyl halides is 3. The molecule has 0 radical (unpaired) electrons. The van der Waals surface area contributed by atoms with E-state index in [1.807, 2.05) is 6.07 Å². The number of imidazole rings is 1. The topological polar surface area (TPSA) is 113 Å². The van der Waals surface area contributed by atoms with E-state index in [2.05, 4.69) is 20.1 Å². The number of aromatic nitrogens is 4. The quantitative estimate of drug-likeness (QED) is 0.410. The van der Waals surface area contributed by atoms with Gasteiger partial charge in [0.2, 0.25) is 0 Å². The van der Waals surface area contributed by atoms with Crippen LogP contribution in [0.15, 0.2) is 43.0 Å². The van der Waals surface area contributed by atoms with Crippen molar-refractivity contribution in [1.82, 2.24) is 24.6 Å². The van der Waals surface area contributed by atoms with Gasteiger partial charge in [0.15, 0.2) is 5.69 Å². The van der Waals surface area contributed by atoms with Gasteiger partial charge in [0.25, 0.3) is 0 Å². The first kappa shape index (κ1) is 25.9. The zero-order valence-electron chi connectivity index (χ0n) is 18.6. The number of H-pyrrole nitrogens is 1. The van der Waals surface area contributed by atoms with Crippen LogP contribution in [0.4, 0.5) is 17.6 Å². The zero-order chi connectivity index (χ0) is 25.6. The molecule has 35 heavy (non-hydrogen) atoms. The average molecular weight is 497 g/mol. The summed E-state index contributed by atoms with van der Waals surface area (Å²) in [7, 11) is 1.35. The van der Waals surface area contributed by atoms with Gasteiger partial charge in [0.05, 0.1) is 19.1 Å². The number of hydrogen-bond acceptors (Lipinski definition) is 6. The lowest BCUT2D eigenvalue weighted by molar-refractivity contribution is -0.192. The van der Waals surface area contributed by atoms with E-state index in [4.69, 9.17) is 14.6 Å². The molecule has 0 amide bonds. The van der Waals surface area contributed by atoms with Gasteiger partial charge in [0.1, 0.15) is 5.82 Å². The second kappa shape index (κ2) is 11.1. The fourth-order valence-electron chi connectivity index (χ4n) is 3.67. The van der Waals surface area contributed by atoms with E-state index in [1.165, 1.54) is 7.11 Å². The fraction of sp³-hybridized carbons (Fsp3) is 0.364. The summed E-state index contributed by atoms with van der Waals surface area (Å²) in [5, 5.41) is 14.1. The van der Waals surface area contributed by atoms with Gasteiger partial charge in [-0.15, -0.1) is 0 Å². The Kier molecular flexibility index (Phi) is 8.22. The number of likely N-dealkylation sites (tertiary alicyclic amines) is 1. The Bertz CT molecular complexity index is 1140. The van der Waals surface area contributed by atoms with E-state index in [0.717, 1.165) is 37.2 Å². The Labute approximate surface area is 197 Å². The number of piperidine rings is 1. The summed E-state index contributed by atoms with van der Waals surface area (Å²) in [6.45, 7) is 2.52. The van der Waals surface area contributed by atoms with E-state index in [-0.39, 0.29) is 5.82 Å². The molecule has 0 spiro atoms. The zero-order valence-corrected chi connectivity index (χ0v) is 18.6. The molecule has 0 bridgehead atoms. The number of nitrogens with zero attached hydrogens (tertiary/aromatic N) is 4. The van der Waals surface area contributed by atoms with E-state index in [1.54, 1.807) is 41.5 Å². The maximum Gasteiger partial charge on any atom is 0.490 e. The molecule has 3 heterocycles. The number of rotatable bonds is 5. The molecule has 1 aliphatic rings. The van der Waals surface area contributed by atoms with E-state index in [0.29, 0.717) is 23.8 Å². The van der Waals surface area contributed by atoms with Crippen molar-refractivity contribution in [2.75, 3.05) is 20.2 Å². The number of carbonyl (C=O) groups excluding carboxylic acids is 1. The Hall–Kier alpha value is -3.74. The minimum atomic E-state index is -5.08. The molecule has 188 valence electrons. The average Bonchev–Trinajstić information content (AvgIpc) is 3.52. The summed E-state index contributed by atoms with van der Waals surface area (Å²) in [5.41, 5.74) is 2.74. The molecule has 4 rings (SSSR count). The molecule has 2 aromatic heterocycles. The number of aromatic amines is 1. The Morgan fingerprint density at radius 2 is 1.91 bits per heavy atom. The van der Waals surface area contributed by atoms with Crippen LogP contribution < -0.4 is 0 Å². The molecule has 0 atom stereocenters. The highest BCUT2D eigenvalue weighted by Gasteiger charge is 2.38. The third-order valence-corrected chi connectivity index (χ3v) is 5.46. The number of nitrogens with one attached hydrogen (secondary N) is 1. The number of carboxylic acid groups (broad SMARTS) is 1. The smallest absolute Gasteiger partial charge is 0.475 e. The molecule has 1 aromatic carbocycles. The Morgan fingerprint density at radius 3 is 2.46 bits per heavy atom. The lowest BCUT2D eigenvalue weighted by Crippen LogP contribution is -2.32. The number of carboxylic acids is 1. The van der Waals surface area contributed by atoms with Crippen molar-refractivity contribution in [3.63, 3.8) is 0 Å². The van der Waals surface area contributed by atoms with Crippen LogP contribution in [0.1, 0.15) is 40.5 Å². The summed E-state index contributed by atoms with van der Waals surface area (Å²) in [4.78, 5) is 26.7. The summed E-state index contributed by atoms with van der Waals surface area (Å²) < 4.78 is 52.5. The molecule has 9 nitrogen and oxygen atoms in total. The van der Waals surface area contributed by atoms with Gasteiger partial charge in [-0.3, -0.25) is 10.00 Å². The van der Waals surface area contributed by atoms with Crippen LogP contribution in [-0.4, -0.2) is 68.1 Å². The van der Waals surface area contributed by atoms with Crippen molar-refractivity contribution >= 4 is 11.9 Å². The van der Waals surface area contributed by atoms with Crippen LogP contribution in [-0.2, 0) is 16.1 Å². The first-order valence-electron chi connectivity index (χ1n) is 10.5. The number of carbonyl (C=O) groups is 2. The van der Waals surface area contributed by atoms with Crippen LogP contribution in [0.5, 0.6) is 0 Å². The van der Waals surface area contributed by atoms with Crippen molar-refractivity contribution in [3.8, 4) is 5.69 Å². The van der Waals surface area contributed by atoms with Crippen LogP contribution >= 0.6 is 0 Å². The van der Waals surface area contributed by atoms with Crippen molar-refractivity contribution in [2.24, 2.45) is 0 Å². The molecule has 0 unspecified atom stereocenters. The lowest BCUT2D eigenvalue weighted by Gasteiger charge is -2.31. The Morgan fingerprint density at radius 1 is 1.23 bits per heavy atom. The summed E-state index contributed by atoms with van der Waals surface area (Å²) in [6, 6.07) is 7.12. The number of halogens is 4. The number of hydrogen-bond donors (Lipinski definition) is 2. The van der Waals surface area contributed by atoms with Crippen molar-refractivity contribution < 1.29 is 37.0 Å². The minimum absolute atomic E-state index is 0.252. The number of methoxy groups -OCH3 is 1. The van der Waals surface area contributed by atoms with Crippen LogP contribution in [0, 0.1) is 5.82 Å². The predicted molar refractivity (Wildman–Crippen MR) is 114 cm³/mol. The van der Waals surface area contributed by atoms with Gasteiger partial charge >= 0.3 is 18.1 Å². The van der Waals surface area contributed by atoms with E-state index < -0.39 is 18.1 Å². The number of benzene rings is 1. The highest BCUT2D eigenvalue weighted by atomic mass is 19.4. The first-order chi connectivity index (χ1) is 16.6. The highest BCUT2D eigenvalue weighted by molar-refractivity contribution is 5.87. The van der Waals surface area contributed by atoms with Gasteiger partial charge in [-0.25, -0.2) is 19.0 Å². The summed E-state index contributed by atoms with van der Waals surface area (Å²) in [6.07, 6.45) is 1.77. The molecule has 3 aromatic rings. The minimum Gasteiger partial charge on any atom is -0.475 e. The third-order valence-electron chi connectivity index (χ3n) is 5.46. The molecular weight excluding hydrogens is 474 g/mol. The largest absolute Gasteiger partial charge is 0.490 e. The first-order valence-corrected chi connectivity index (χ1v) is 10.5. The summed E-state index contributed by atoms with van der Waals surface area (Å²) >= 11 is 0. The normalized spacial score (nSPS) is 14.8. The molecular formula is C22H23F4N5O4. The standard InChI is InChI=1S/C20H22FN5O2.C2HF3O2/c1-28-20(27)18-11-17(23-24-18)15-4-7-25(8-5-15)12-14-2-3-19(16(21)10-14)26-9-6-22-13-26;3-2(4,5)1(6)7/h2-3,6,9-11,13,15H,4-5,7-8,12H2,1H3,(H,23,24);(H,6,7). The molecule has 0 aliphatic carbocycles. The SMILES string of the molecule is COC(=O)c1cc(C2CCN(Cc3ccc(-n4ccnc4)c(F)c3)CC2)[nH]n1.O=C(O)C(F)(F)F. The van der Waals surface area contributed by atoms with E-state index in [9.17, 15) is 22.4 Å². The maximum atomic E-state index is 14.4. The van der Waals surface area contributed by atoms with Crippen LogP contribution in [0.2, 0.25) is 0 Å². The second-order valence-corrected chi connectivity index (χ2v) is 7.81. The second-order valence-electron chi connectivity index (χ2n) is 7.81. The van der Waals surface area contributed by atoms with E-state index >= 15 is 0 Å². The number of esters is 1. The highest BCUT2D eigenvalue weighted by Crippen LogP contribution is 2.28. The van der Waals surface area contributed by atoms with Gasteiger partial charge in [-0.1, -0.05) is 6.07 Å². The summed E-state index contributed by atoms with van der Waals surface area (Å²) in [5.74, 6) is -3.10. The molecule has 1 saturated heterocycles. The third kappa shape index (κ3) is 6.88. The van der Waals surface area contributed by atoms with Gasteiger partial charge < -0.3 is 14.4 Å². The monoisotopic (exact) mass is 497 g/mol. The predicted octanol–water partition coefficient (Wildman–Crippen LogP) is 3.53. The Balaban J connectivity index is 0.000000429. The maximum absolute atomic E-state index is 14.4. The van der Waals surface area contributed by atoms with Crippen molar-refractivity contribution in [2.45, 2.75) is 31.5 Å². The number of ether oxygens (including phenoxy) is 1. The van der Waals surface area contributed by atoms with Crippen LogP contribution in [0.25, 0.3) is 5.69 Å². The van der Waals surface area contributed by atoms with Crippen LogP contribution in [0.3, 0.4) is 0 Å². The fourth-order valence-corrected chi connectivity index (χ4v) is 3.67. The van der Waals surface area contributed by atoms with Gasteiger partial charge in [-0.05, 0) is 49.7 Å². The molecule has 2 N–H and O–H groups in total. The molecule has 0 saturated carbocycles. The molecule has 1 fully saturated rings. The molecule has 13 heteroatoms. The van der Waals surface area contributed by atoms with Gasteiger partial charge in [0, 0.05) is 30.6 Å². The van der Waals surface area contributed by atoms with Crippen molar-refractivity contribution in [1.29, 1.82) is 0 Å². The molecule has 1 aliphatic heterocycles. The van der Waals surface area contributed by atoms with Gasteiger partial charge in [-0.2, -0.15) is 18.3 Å². The lowest BCUT2D eigenvalue weighted by atomic mass is 9.93. The number of aliphatic carboxylic acids is 1.